The van der Waals surface area contributed by atoms with Crippen LogP contribution in [0.15, 0.2) is 12.3 Å². The minimum absolute atomic E-state index is 0.435. The molecule has 0 aliphatic carbocycles. The van der Waals surface area contributed by atoms with E-state index in [0.717, 1.165) is 17.2 Å². The molecule has 2 aromatic heterocycles. The molecule has 0 saturated carbocycles. The molecular weight excluding hydrogens is 188 g/mol. The Kier molecular flexibility index (Phi) is 1.81. The lowest BCUT2D eigenvalue weighted by molar-refractivity contribution is 0.112. The summed E-state index contributed by atoms with van der Waals surface area (Å²) in [5, 5.41) is 1.28. The Morgan fingerprint density at radius 1 is 1.62 bits per heavy atom. The maximum atomic E-state index is 10.6. The Bertz CT molecular complexity index is 476. The Morgan fingerprint density at radius 2 is 2.38 bits per heavy atom. The molecule has 0 bridgehead atoms. The van der Waals surface area contributed by atoms with E-state index in [2.05, 4.69) is 9.97 Å². The van der Waals surface area contributed by atoms with Crippen molar-refractivity contribution in [1.29, 1.82) is 0 Å². The minimum atomic E-state index is 0.435. The highest BCUT2D eigenvalue weighted by atomic mass is 35.5. The second-order valence-electron chi connectivity index (χ2n) is 2.85. The fraction of sp³-hybridized carbons (Fsp3) is 0.111. The number of carbonyl (C=O) groups is 1. The summed E-state index contributed by atoms with van der Waals surface area (Å²) < 4.78 is 0. The first-order chi connectivity index (χ1) is 6.22. The number of pyridine rings is 1. The number of carbonyl (C=O) groups excluding carboxylic acids is 1. The lowest BCUT2D eigenvalue weighted by atomic mass is 10.1. The van der Waals surface area contributed by atoms with E-state index in [1.807, 2.05) is 6.92 Å². The lowest BCUT2D eigenvalue weighted by Gasteiger charge is -1.96. The summed E-state index contributed by atoms with van der Waals surface area (Å²) in [6.07, 6.45) is 2.44. The molecule has 0 fully saturated rings. The van der Waals surface area contributed by atoms with Crippen molar-refractivity contribution in [2.24, 2.45) is 0 Å². The van der Waals surface area contributed by atoms with Crippen molar-refractivity contribution in [1.82, 2.24) is 9.97 Å². The first-order valence-electron chi connectivity index (χ1n) is 3.82. The molecule has 66 valence electrons. The molecule has 0 aliphatic heterocycles. The number of rotatable bonds is 1. The quantitative estimate of drug-likeness (QED) is 0.560. The fourth-order valence-electron chi connectivity index (χ4n) is 1.41. The maximum Gasteiger partial charge on any atom is 0.152 e. The highest BCUT2D eigenvalue weighted by Crippen LogP contribution is 2.21. The van der Waals surface area contributed by atoms with Crippen LogP contribution in [0.25, 0.3) is 11.0 Å². The van der Waals surface area contributed by atoms with Crippen LogP contribution < -0.4 is 0 Å². The highest BCUT2D eigenvalue weighted by molar-refractivity contribution is 6.30. The van der Waals surface area contributed by atoms with Crippen molar-refractivity contribution < 1.29 is 4.79 Å². The van der Waals surface area contributed by atoms with Crippen LogP contribution in [0.3, 0.4) is 0 Å². The maximum absolute atomic E-state index is 10.6. The molecule has 0 radical (unpaired) electrons. The van der Waals surface area contributed by atoms with Gasteiger partial charge in [0, 0.05) is 17.1 Å². The highest BCUT2D eigenvalue weighted by Gasteiger charge is 2.07. The van der Waals surface area contributed by atoms with E-state index in [1.54, 1.807) is 12.3 Å². The summed E-state index contributed by atoms with van der Waals surface area (Å²) >= 11 is 5.76. The minimum Gasteiger partial charge on any atom is -0.345 e. The normalized spacial score (nSPS) is 10.6. The summed E-state index contributed by atoms with van der Waals surface area (Å²) in [5.41, 5.74) is 2.24. The van der Waals surface area contributed by atoms with Gasteiger partial charge in [0.1, 0.15) is 10.8 Å². The van der Waals surface area contributed by atoms with Crippen molar-refractivity contribution in [2.45, 2.75) is 6.92 Å². The topological polar surface area (TPSA) is 45.8 Å². The number of nitrogens with zero attached hydrogens (tertiary/aromatic N) is 1. The summed E-state index contributed by atoms with van der Waals surface area (Å²) in [6, 6.07) is 1.74. The standard InChI is InChI=1S/C9H7ClN2O/c1-5-2-7(10)12-9-8(5)6(4-13)3-11-9/h2-4H,1H3,(H,11,12). The summed E-state index contributed by atoms with van der Waals surface area (Å²) in [7, 11) is 0. The van der Waals surface area contributed by atoms with Crippen LogP contribution in [0.4, 0.5) is 0 Å². The van der Waals surface area contributed by atoms with Gasteiger partial charge in [-0.15, -0.1) is 0 Å². The molecule has 2 rings (SSSR count). The predicted octanol–water partition coefficient (Wildman–Crippen LogP) is 2.34. The van der Waals surface area contributed by atoms with Crippen LogP contribution in [0.5, 0.6) is 0 Å². The van der Waals surface area contributed by atoms with E-state index in [4.69, 9.17) is 11.6 Å². The van der Waals surface area contributed by atoms with Crippen LogP contribution in [0.1, 0.15) is 15.9 Å². The van der Waals surface area contributed by atoms with Crippen LogP contribution in [0.2, 0.25) is 5.15 Å². The molecule has 0 aliphatic rings. The van der Waals surface area contributed by atoms with Crippen LogP contribution in [-0.2, 0) is 0 Å². The number of hydrogen-bond donors (Lipinski definition) is 1. The zero-order valence-electron chi connectivity index (χ0n) is 6.97. The molecule has 4 heteroatoms. The van der Waals surface area contributed by atoms with Gasteiger partial charge < -0.3 is 4.98 Å². The average Bonchev–Trinajstić information content (AvgIpc) is 2.47. The van der Waals surface area contributed by atoms with E-state index in [9.17, 15) is 4.79 Å². The Hall–Kier alpha value is -1.35. The molecule has 13 heavy (non-hydrogen) atoms. The summed E-state index contributed by atoms with van der Waals surface area (Å²) in [6.45, 7) is 1.90. The fourth-order valence-corrected chi connectivity index (χ4v) is 1.66. The molecule has 0 atom stereocenters. The number of aldehydes is 1. The van der Waals surface area contributed by atoms with Gasteiger partial charge in [-0.05, 0) is 18.6 Å². The van der Waals surface area contributed by atoms with Crippen molar-refractivity contribution >= 4 is 28.9 Å². The third-order valence-corrected chi connectivity index (χ3v) is 2.16. The number of aryl methyl sites for hydroxylation is 1. The summed E-state index contributed by atoms with van der Waals surface area (Å²) in [4.78, 5) is 17.6. The molecule has 1 N–H and O–H groups in total. The average molecular weight is 195 g/mol. The van der Waals surface area contributed by atoms with E-state index < -0.39 is 0 Å². The molecule has 0 saturated heterocycles. The van der Waals surface area contributed by atoms with E-state index in [0.29, 0.717) is 16.4 Å². The van der Waals surface area contributed by atoms with Gasteiger partial charge in [-0.3, -0.25) is 4.79 Å². The first-order valence-corrected chi connectivity index (χ1v) is 4.19. The van der Waals surface area contributed by atoms with Crippen LogP contribution >= 0.6 is 11.6 Å². The van der Waals surface area contributed by atoms with Gasteiger partial charge in [0.15, 0.2) is 6.29 Å². The van der Waals surface area contributed by atoms with Crippen molar-refractivity contribution in [2.75, 3.05) is 0 Å². The zero-order chi connectivity index (χ0) is 9.42. The third kappa shape index (κ3) is 1.21. The number of H-pyrrole nitrogens is 1. The number of hydrogen-bond acceptors (Lipinski definition) is 2. The van der Waals surface area contributed by atoms with Gasteiger partial charge in [-0.1, -0.05) is 11.6 Å². The number of aromatic amines is 1. The molecule has 2 aromatic rings. The Labute approximate surface area is 79.7 Å². The molecule has 0 amide bonds. The van der Waals surface area contributed by atoms with Gasteiger partial charge in [-0.25, -0.2) is 4.98 Å². The monoisotopic (exact) mass is 194 g/mol. The first kappa shape index (κ1) is 8.26. The van der Waals surface area contributed by atoms with Crippen molar-refractivity contribution in [3.8, 4) is 0 Å². The third-order valence-electron chi connectivity index (χ3n) is 1.97. The van der Waals surface area contributed by atoms with E-state index in [1.165, 1.54) is 0 Å². The smallest absolute Gasteiger partial charge is 0.152 e. The van der Waals surface area contributed by atoms with Crippen LogP contribution in [-0.4, -0.2) is 16.3 Å². The van der Waals surface area contributed by atoms with Gasteiger partial charge >= 0.3 is 0 Å². The second kappa shape index (κ2) is 2.85. The van der Waals surface area contributed by atoms with Crippen molar-refractivity contribution in [3.05, 3.63) is 28.5 Å². The molecular formula is C9H7ClN2O. The number of aromatic nitrogens is 2. The number of fused-ring (bicyclic) bond motifs is 1. The molecule has 0 unspecified atom stereocenters. The lowest BCUT2D eigenvalue weighted by Crippen LogP contribution is -1.84. The van der Waals surface area contributed by atoms with Gasteiger partial charge in [0.05, 0.1) is 0 Å². The second-order valence-corrected chi connectivity index (χ2v) is 3.23. The zero-order valence-corrected chi connectivity index (χ0v) is 7.72. The number of nitrogens with one attached hydrogen (secondary N) is 1. The molecule has 2 heterocycles. The number of halogens is 1. The Balaban J connectivity index is 2.89. The van der Waals surface area contributed by atoms with E-state index in [-0.39, 0.29) is 0 Å². The predicted molar refractivity (Wildman–Crippen MR) is 51.2 cm³/mol. The van der Waals surface area contributed by atoms with Crippen molar-refractivity contribution in [3.63, 3.8) is 0 Å². The van der Waals surface area contributed by atoms with E-state index >= 15 is 0 Å². The Morgan fingerprint density at radius 3 is 3.08 bits per heavy atom. The van der Waals surface area contributed by atoms with Crippen LogP contribution in [0, 0.1) is 6.92 Å². The summed E-state index contributed by atoms with van der Waals surface area (Å²) in [5.74, 6) is 0. The molecule has 0 spiro atoms. The van der Waals surface area contributed by atoms with Gasteiger partial charge in [-0.2, -0.15) is 0 Å². The molecule has 0 aromatic carbocycles. The van der Waals surface area contributed by atoms with Gasteiger partial charge in [0.25, 0.3) is 0 Å². The van der Waals surface area contributed by atoms with Gasteiger partial charge in [0.2, 0.25) is 0 Å². The molecule has 3 nitrogen and oxygen atoms in total. The SMILES string of the molecule is Cc1cc(Cl)nc2[nH]cc(C=O)c12. The largest absolute Gasteiger partial charge is 0.345 e.